The average Bonchev–Trinajstić information content (AvgIpc) is 2.82. The van der Waals surface area contributed by atoms with E-state index < -0.39 is 0 Å². The third-order valence-corrected chi connectivity index (χ3v) is 3.02. The number of aryl methyl sites for hydroxylation is 2. The van der Waals surface area contributed by atoms with Crippen LogP contribution in [0.1, 0.15) is 35.3 Å². The van der Waals surface area contributed by atoms with Gasteiger partial charge in [0.1, 0.15) is 5.75 Å². The molecule has 4 heteroatoms. The molecular formula is C15H17NO3. The predicted octanol–water partition coefficient (Wildman–Crippen LogP) is 3.56. The molecule has 0 bridgehead atoms. The number of ketones is 1. The molecule has 0 saturated heterocycles. The normalized spacial score (nSPS) is 10.5. The van der Waals surface area contributed by atoms with Gasteiger partial charge >= 0.3 is 0 Å². The van der Waals surface area contributed by atoms with Crippen molar-refractivity contribution in [1.82, 2.24) is 5.16 Å². The molecule has 0 atom stereocenters. The van der Waals surface area contributed by atoms with Crippen LogP contribution in [0.5, 0.6) is 5.75 Å². The monoisotopic (exact) mass is 259 g/mol. The van der Waals surface area contributed by atoms with Crippen molar-refractivity contribution in [2.75, 3.05) is 6.61 Å². The Balaban J connectivity index is 2.54. The Morgan fingerprint density at radius 2 is 2.05 bits per heavy atom. The van der Waals surface area contributed by atoms with Crippen molar-refractivity contribution in [2.45, 2.75) is 27.7 Å². The molecule has 0 radical (unpaired) electrons. The fraction of sp³-hybridized carbons (Fsp3) is 0.333. The van der Waals surface area contributed by atoms with E-state index in [1.54, 1.807) is 0 Å². The van der Waals surface area contributed by atoms with E-state index in [1.807, 2.05) is 32.9 Å². The molecule has 0 fully saturated rings. The molecule has 4 nitrogen and oxygen atoms in total. The van der Waals surface area contributed by atoms with Crippen molar-refractivity contribution in [3.63, 3.8) is 0 Å². The van der Waals surface area contributed by atoms with E-state index in [2.05, 4.69) is 5.16 Å². The molecule has 0 unspecified atom stereocenters. The first-order valence-corrected chi connectivity index (χ1v) is 6.24. The number of nitrogens with zero attached hydrogens (tertiary/aromatic N) is 1. The molecule has 1 aromatic heterocycles. The van der Waals surface area contributed by atoms with Gasteiger partial charge in [-0.25, -0.2) is 0 Å². The minimum absolute atomic E-state index is 0.0535. The number of carbonyl (C=O) groups excluding carboxylic acids is 1. The van der Waals surface area contributed by atoms with Gasteiger partial charge in [-0.05, 0) is 51.0 Å². The molecule has 0 aliphatic carbocycles. The molecule has 0 spiro atoms. The highest BCUT2D eigenvalue weighted by molar-refractivity contribution is 5.99. The second-order valence-electron chi connectivity index (χ2n) is 4.49. The van der Waals surface area contributed by atoms with Gasteiger partial charge in [-0.3, -0.25) is 4.79 Å². The summed E-state index contributed by atoms with van der Waals surface area (Å²) >= 11 is 0. The summed E-state index contributed by atoms with van der Waals surface area (Å²) in [5.41, 5.74) is 3.39. The summed E-state index contributed by atoms with van der Waals surface area (Å²) < 4.78 is 10.8. The van der Waals surface area contributed by atoms with E-state index in [0.717, 1.165) is 22.4 Å². The van der Waals surface area contributed by atoms with E-state index in [1.165, 1.54) is 13.1 Å². The smallest absolute Gasteiger partial charge is 0.177 e. The van der Waals surface area contributed by atoms with Crippen molar-refractivity contribution in [3.8, 4) is 17.1 Å². The third kappa shape index (κ3) is 2.52. The van der Waals surface area contributed by atoms with Crippen LogP contribution in [-0.4, -0.2) is 17.5 Å². The van der Waals surface area contributed by atoms with Gasteiger partial charge in [0.05, 0.1) is 18.4 Å². The van der Waals surface area contributed by atoms with E-state index in [9.17, 15) is 4.79 Å². The summed E-state index contributed by atoms with van der Waals surface area (Å²) in [7, 11) is 0. The zero-order valence-corrected chi connectivity index (χ0v) is 11.6. The Bertz CT molecular complexity index is 614. The summed E-state index contributed by atoms with van der Waals surface area (Å²) in [6.45, 7) is 8.02. The second kappa shape index (κ2) is 5.26. The van der Waals surface area contributed by atoms with E-state index in [-0.39, 0.29) is 5.78 Å². The fourth-order valence-corrected chi connectivity index (χ4v) is 2.03. The zero-order chi connectivity index (χ0) is 14.0. The summed E-state index contributed by atoms with van der Waals surface area (Å²) in [6.07, 6.45) is 1.46. The lowest BCUT2D eigenvalue weighted by molar-refractivity contribution is 0.101. The summed E-state index contributed by atoms with van der Waals surface area (Å²) in [4.78, 5) is 11.5. The molecule has 100 valence electrons. The summed E-state index contributed by atoms with van der Waals surface area (Å²) in [5, 5.41) is 3.72. The average molecular weight is 259 g/mol. The molecule has 1 aromatic carbocycles. The first-order valence-electron chi connectivity index (χ1n) is 6.24. The van der Waals surface area contributed by atoms with Gasteiger partial charge in [-0.1, -0.05) is 5.16 Å². The van der Waals surface area contributed by atoms with Gasteiger partial charge < -0.3 is 9.26 Å². The number of aromatic nitrogens is 1. The lowest BCUT2D eigenvalue weighted by Crippen LogP contribution is -1.97. The highest BCUT2D eigenvalue weighted by Gasteiger charge is 2.17. The van der Waals surface area contributed by atoms with Crippen molar-refractivity contribution < 1.29 is 14.1 Å². The van der Waals surface area contributed by atoms with Gasteiger partial charge in [-0.15, -0.1) is 0 Å². The first-order chi connectivity index (χ1) is 9.04. The number of Topliss-reactive ketones (excluding diaryl/α,β-unsaturated/α-hetero) is 1. The maximum absolute atomic E-state index is 11.5. The number of ether oxygens (including phenoxy) is 1. The number of rotatable bonds is 4. The second-order valence-corrected chi connectivity index (χ2v) is 4.49. The van der Waals surface area contributed by atoms with Crippen LogP contribution in [0.3, 0.4) is 0 Å². The molecule has 1 heterocycles. The Morgan fingerprint density at radius 1 is 1.32 bits per heavy atom. The minimum atomic E-state index is -0.0535. The van der Waals surface area contributed by atoms with Crippen LogP contribution in [0.2, 0.25) is 0 Å². The Labute approximate surface area is 112 Å². The van der Waals surface area contributed by atoms with Crippen molar-refractivity contribution in [2.24, 2.45) is 0 Å². The Morgan fingerprint density at radius 3 is 2.68 bits per heavy atom. The molecule has 2 aromatic rings. The van der Waals surface area contributed by atoms with Crippen LogP contribution in [0, 0.1) is 13.8 Å². The maximum atomic E-state index is 11.5. The number of hydrogen-bond donors (Lipinski definition) is 0. The predicted molar refractivity (Wildman–Crippen MR) is 72.6 cm³/mol. The van der Waals surface area contributed by atoms with Gasteiger partial charge in [0, 0.05) is 5.56 Å². The topological polar surface area (TPSA) is 52.3 Å². The van der Waals surface area contributed by atoms with Gasteiger partial charge in [0.2, 0.25) is 0 Å². The van der Waals surface area contributed by atoms with Crippen molar-refractivity contribution in [1.29, 1.82) is 0 Å². The van der Waals surface area contributed by atoms with E-state index in [4.69, 9.17) is 9.26 Å². The van der Waals surface area contributed by atoms with Crippen LogP contribution in [0.25, 0.3) is 11.3 Å². The van der Waals surface area contributed by atoms with Gasteiger partial charge in [0.15, 0.2) is 11.5 Å². The van der Waals surface area contributed by atoms with Crippen molar-refractivity contribution >= 4 is 5.78 Å². The first kappa shape index (κ1) is 13.3. The SMILES string of the molecule is CCOc1cc(C)c(-c2oncc2C(C)=O)cc1C. The molecule has 2 rings (SSSR count). The van der Waals surface area contributed by atoms with Crippen LogP contribution >= 0.6 is 0 Å². The van der Waals surface area contributed by atoms with Crippen molar-refractivity contribution in [3.05, 3.63) is 35.0 Å². The van der Waals surface area contributed by atoms with Crippen LogP contribution in [0.15, 0.2) is 22.9 Å². The molecule has 0 amide bonds. The molecule has 0 aliphatic heterocycles. The summed E-state index contributed by atoms with van der Waals surface area (Å²) in [5.74, 6) is 1.32. The number of benzene rings is 1. The highest BCUT2D eigenvalue weighted by atomic mass is 16.5. The van der Waals surface area contributed by atoms with E-state index >= 15 is 0 Å². The number of carbonyl (C=O) groups is 1. The highest BCUT2D eigenvalue weighted by Crippen LogP contribution is 2.32. The fourth-order valence-electron chi connectivity index (χ4n) is 2.03. The van der Waals surface area contributed by atoms with Crippen LogP contribution in [-0.2, 0) is 0 Å². The van der Waals surface area contributed by atoms with Gasteiger partial charge in [0.25, 0.3) is 0 Å². The molecule has 19 heavy (non-hydrogen) atoms. The van der Waals surface area contributed by atoms with Crippen LogP contribution < -0.4 is 4.74 Å². The van der Waals surface area contributed by atoms with Crippen LogP contribution in [0.4, 0.5) is 0 Å². The maximum Gasteiger partial charge on any atom is 0.177 e. The standard InChI is InChI=1S/C15H17NO3/c1-5-18-14-7-9(2)12(6-10(14)3)15-13(11(4)17)8-16-19-15/h6-8H,5H2,1-4H3. The molecular weight excluding hydrogens is 242 g/mol. The largest absolute Gasteiger partial charge is 0.494 e. The Kier molecular flexibility index (Phi) is 3.69. The molecule has 0 aliphatic rings. The van der Waals surface area contributed by atoms with Gasteiger partial charge in [-0.2, -0.15) is 0 Å². The number of hydrogen-bond acceptors (Lipinski definition) is 4. The molecule has 0 N–H and O–H groups in total. The lowest BCUT2D eigenvalue weighted by Gasteiger charge is -2.11. The molecule has 0 saturated carbocycles. The summed E-state index contributed by atoms with van der Waals surface area (Å²) in [6, 6.07) is 3.92. The third-order valence-electron chi connectivity index (χ3n) is 3.02. The zero-order valence-electron chi connectivity index (χ0n) is 11.6. The minimum Gasteiger partial charge on any atom is -0.494 e. The Hall–Kier alpha value is -2.10. The quantitative estimate of drug-likeness (QED) is 0.788. The lowest BCUT2D eigenvalue weighted by atomic mass is 9.99. The van der Waals surface area contributed by atoms with E-state index in [0.29, 0.717) is 17.9 Å².